The highest BCUT2D eigenvalue weighted by Crippen LogP contribution is 2.07. The molecule has 0 aromatic carbocycles. The van der Waals surface area contributed by atoms with Gasteiger partial charge in [0.2, 0.25) is 0 Å². The maximum absolute atomic E-state index is 4.36. The minimum atomic E-state index is 0.891. The molecule has 0 unspecified atom stereocenters. The molecule has 3 nitrogen and oxygen atoms in total. The van der Waals surface area contributed by atoms with Crippen molar-refractivity contribution in [1.29, 1.82) is 0 Å². The Hall–Kier alpha value is -1.13. The van der Waals surface area contributed by atoms with Crippen LogP contribution in [0.3, 0.4) is 0 Å². The molecule has 1 aliphatic rings. The Morgan fingerprint density at radius 2 is 2.18 bits per heavy atom. The number of thiazole rings is 1. The van der Waals surface area contributed by atoms with Gasteiger partial charge in [-0.15, -0.1) is 11.3 Å². The van der Waals surface area contributed by atoms with E-state index in [2.05, 4.69) is 40.9 Å². The zero-order valence-corrected chi connectivity index (χ0v) is 11.3. The second-order valence-corrected chi connectivity index (χ2v) is 5.37. The van der Waals surface area contributed by atoms with E-state index >= 15 is 0 Å². The number of nitrogens with zero attached hydrogens (tertiary/aromatic N) is 2. The molecule has 0 spiro atoms. The molecule has 0 amide bonds. The lowest BCUT2D eigenvalue weighted by molar-refractivity contribution is 0.310. The molecule has 0 bridgehead atoms. The summed E-state index contributed by atoms with van der Waals surface area (Å²) in [5, 5.41) is 5.34. The first-order valence-corrected chi connectivity index (χ1v) is 6.78. The number of nitrogens with one attached hydrogen (secondary N) is 1. The highest BCUT2D eigenvalue weighted by Gasteiger charge is 2.10. The summed E-state index contributed by atoms with van der Waals surface area (Å²) in [5.74, 6) is 0. The Balaban J connectivity index is 2.28. The normalized spacial score (nSPS) is 18.8. The van der Waals surface area contributed by atoms with Crippen molar-refractivity contribution in [3.05, 3.63) is 26.7 Å². The van der Waals surface area contributed by atoms with Crippen LogP contribution in [0.15, 0.2) is 11.8 Å². The van der Waals surface area contributed by atoms with Crippen molar-refractivity contribution in [2.24, 2.45) is 0 Å². The third kappa shape index (κ3) is 2.96. The molecule has 2 heterocycles. The molecule has 0 radical (unpaired) electrons. The second kappa shape index (κ2) is 5.47. The fourth-order valence-electron chi connectivity index (χ4n) is 2.01. The van der Waals surface area contributed by atoms with Crippen LogP contribution in [0.4, 0.5) is 0 Å². The molecule has 0 saturated carbocycles. The van der Waals surface area contributed by atoms with Gasteiger partial charge in [0.15, 0.2) is 0 Å². The minimum absolute atomic E-state index is 0.891. The first kappa shape index (κ1) is 12.3. The van der Waals surface area contributed by atoms with Crippen LogP contribution in [0.5, 0.6) is 0 Å². The average molecular weight is 249 g/mol. The Morgan fingerprint density at radius 1 is 1.47 bits per heavy atom. The van der Waals surface area contributed by atoms with Crippen LogP contribution >= 0.6 is 11.3 Å². The van der Waals surface area contributed by atoms with Gasteiger partial charge in [-0.2, -0.15) is 0 Å². The number of aromatic nitrogens is 1. The second-order valence-electron chi connectivity index (χ2n) is 4.14. The minimum Gasteiger partial charge on any atom is -0.369 e. The van der Waals surface area contributed by atoms with Gasteiger partial charge >= 0.3 is 0 Å². The van der Waals surface area contributed by atoms with E-state index in [4.69, 9.17) is 0 Å². The maximum atomic E-state index is 4.36. The summed E-state index contributed by atoms with van der Waals surface area (Å²) in [7, 11) is 0. The number of aryl methyl sites for hydroxylation is 1. The van der Waals surface area contributed by atoms with Crippen molar-refractivity contribution >= 4 is 24.0 Å². The summed E-state index contributed by atoms with van der Waals surface area (Å²) < 4.78 is 1.18. The number of piperazine rings is 1. The molecule has 0 atom stereocenters. The van der Waals surface area contributed by atoms with Gasteiger partial charge in [-0.25, -0.2) is 4.98 Å². The predicted molar refractivity (Wildman–Crippen MR) is 74.3 cm³/mol. The molecule has 1 aromatic heterocycles. The zero-order chi connectivity index (χ0) is 12.3. The number of hydrogen-bond acceptors (Lipinski definition) is 4. The van der Waals surface area contributed by atoms with Gasteiger partial charge in [-0.1, -0.05) is 12.7 Å². The van der Waals surface area contributed by atoms with E-state index in [1.165, 1.54) is 10.2 Å². The van der Waals surface area contributed by atoms with E-state index < -0.39 is 0 Å². The fourth-order valence-corrected chi connectivity index (χ4v) is 2.83. The standard InChI is InChI=1S/C13H19N3S/c1-4-12(16-7-5-14-6-8-16)9-13-10(2)15-11(3)17-13/h4,9,14H,2,5-8H2,1,3H3/b12-4+,13-9+. The zero-order valence-electron chi connectivity index (χ0n) is 10.5. The van der Waals surface area contributed by atoms with Crippen molar-refractivity contribution < 1.29 is 0 Å². The van der Waals surface area contributed by atoms with Crippen LogP contribution in [0.2, 0.25) is 0 Å². The van der Waals surface area contributed by atoms with Crippen molar-refractivity contribution in [2.75, 3.05) is 26.2 Å². The lowest BCUT2D eigenvalue weighted by Crippen LogP contribution is -2.42. The molecule has 17 heavy (non-hydrogen) atoms. The van der Waals surface area contributed by atoms with Crippen LogP contribution in [0, 0.1) is 6.92 Å². The van der Waals surface area contributed by atoms with E-state index in [1.807, 2.05) is 6.92 Å². The van der Waals surface area contributed by atoms with Crippen molar-refractivity contribution in [3.63, 3.8) is 0 Å². The highest BCUT2D eigenvalue weighted by atomic mass is 32.1. The fraction of sp³-hybridized carbons (Fsp3) is 0.462. The lowest BCUT2D eigenvalue weighted by atomic mass is 10.2. The molecular weight excluding hydrogens is 230 g/mol. The smallest absolute Gasteiger partial charge is 0.0907 e. The summed E-state index contributed by atoms with van der Waals surface area (Å²) in [6.07, 6.45) is 4.37. The van der Waals surface area contributed by atoms with Crippen molar-refractivity contribution in [3.8, 4) is 0 Å². The van der Waals surface area contributed by atoms with Gasteiger partial charge in [0.1, 0.15) is 0 Å². The van der Waals surface area contributed by atoms with E-state index in [1.54, 1.807) is 11.3 Å². The summed E-state index contributed by atoms with van der Waals surface area (Å²) in [6.45, 7) is 12.4. The summed E-state index contributed by atoms with van der Waals surface area (Å²) in [6, 6.07) is 0. The molecule has 1 saturated heterocycles. The van der Waals surface area contributed by atoms with E-state index in [-0.39, 0.29) is 0 Å². The highest BCUT2D eigenvalue weighted by molar-refractivity contribution is 7.09. The number of rotatable bonds is 2. The molecule has 92 valence electrons. The molecule has 1 fully saturated rings. The Bertz CT molecular complexity index is 509. The van der Waals surface area contributed by atoms with Crippen molar-refractivity contribution in [1.82, 2.24) is 15.2 Å². The maximum Gasteiger partial charge on any atom is 0.0907 e. The lowest BCUT2D eigenvalue weighted by Gasteiger charge is -2.30. The Kier molecular flexibility index (Phi) is 3.97. The largest absolute Gasteiger partial charge is 0.369 e. The summed E-state index contributed by atoms with van der Waals surface area (Å²) >= 11 is 1.71. The van der Waals surface area contributed by atoms with Crippen LogP contribution < -0.4 is 15.2 Å². The topological polar surface area (TPSA) is 28.2 Å². The van der Waals surface area contributed by atoms with Gasteiger partial charge in [0.25, 0.3) is 0 Å². The van der Waals surface area contributed by atoms with Gasteiger partial charge in [0, 0.05) is 31.9 Å². The predicted octanol–water partition coefficient (Wildman–Crippen LogP) is 0.451. The molecule has 2 rings (SSSR count). The first-order valence-electron chi connectivity index (χ1n) is 5.97. The van der Waals surface area contributed by atoms with Gasteiger partial charge in [-0.05, 0) is 19.9 Å². The number of allylic oxidation sites excluding steroid dienone is 2. The summed E-state index contributed by atoms with van der Waals surface area (Å²) in [4.78, 5) is 6.77. The van der Waals surface area contributed by atoms with Crippen LogP contribution in [0.25, 0.3) is 12.7 Å². The monoisotopic (exact) mass is 249 g/mol. The van der Waals surface area contributed by atoms with E-state index in [9.17, 15) is 0 Å². The molecular formula is C13H19N3S. The van der Waals surface area contributed by atoms with Crippen LogP contribution in [-0.2, 0) is 0 Å². The van der Waals surface area contributed by atoms with Gasteiger partial charge in [-0.3, -0.25) is 0 Å². The quantitative estimate of drug-likeness (QED) is 0.825. The third-order valence-corrected chi connectivity index (χ3v) is 3.85. The molecule has 1 aromatic rings. The van der Waals surface area contributed by atoms with E-state index in [0.29, 0.717) is 0 Å². The van der Waals surface area contributed by atoms with Crippen LogP contribution in [0.1, 0.15) is 11.9 Å². The van der Waals surface area contributed by atoms with Gasteiger partial charge in [0.05, 0.1) is 14.9 Å². The van der Waals surface area contributed by atoms with Crippen molar-refractivity contribution in [2.45, 2.75) is 13.8 Å². The average Bonchev–Trinajstić information content (AvgIpc) is 2.66. The molecule has 1 aliphatic heterocycles. The first-order chi connectivity index (χ1) is 8.20. The number of hydrogen-bond donors (Lipinski definition) is 1. The Labute approximate surface area is 106 Å². The molecule has 4 heteroatoms. The summed E-state index contributed by atoms with van der Waals surface area (Å²) in [5.41, 5.74) is 1.28. The Morgan fingerprint density at radius 3 is 2.71 bits per heavy atom. The third-order valence-electron chi connectivity index (χ3n) is 2.89. The van der Waals surface area contributed by atoms with Gasteiger partial charge < -0.3 is 10.2 Å². The molecule has 1 N–H and O–H groups in total. The SMILES string of the molecule is C=c1nc(C)s/c1=C/C(=C\C)N1CCNCC1. The molecule has 0 aliphatic carbocycles. The van der Waals surface area contributed by atoms with E-state index in [0.717, 1.165) is 36.5 Å². The van der Waals surface area contributed by atoms with Crippen LogP contribution in [-0.4, -0.2) is 36.1 Å².